The Morgan fingerprint density at radius 3 is 2.40 bits per heavy atom. The van der Waals surface area contributed by atoms with Gasteiger partial charge < -0.3 is 10.1 Å². The number of rotatable bonds is 6. The lowest BCUT2D eigenvalue weighted by Crippen LogP contribution is -2.13. The number of hydrogen-bond acceptors (Lipinski definition) is 2. The largest absolute Gasteiger partial charge is 0.492 e. The third kappa shape index (κ3) is 5.78. The van der Waals surface area contributed by atoms with Crippen molar-refractivity contribution in [3.05, 3.63) is 54.9 Å². The van der Waals surface area contributed by atoms with Crippen LogP contribution < -0.4 is 10.1 Å². The van der Waals surface area contributed by atoms with Gasteiger partial charge in [-0.25, -0.2) is 0 Å². The first kappa shape index (κ1) is 20.4. The van der Waals surface area contributed by atoms with Crippen molar-refractivity contribution >= 4 is 62.3 Å². The maximum absolute atomic E-state index is 12.0. The van der Waals surface area contributed by atoms with Crippen LogP contribution in [0, 0.1) is 13.8 Å². The van der Waals surface area contributed by atoms with Gasteiger partial charge in [-0.1, -0.05) is 34.8 Å². The Morgan fingerprint density at radius 1 is 1.12 bits per heavy atom. The van der Waals surface area contributed by atoms with E-state index in [9.17, 15) is 4.79 Å². The molecule has 134 valence electrons. The Kier molecular flexibility index (Phi) is 7.44. The van der Waals surface area contributed by atoms with E-state index in [0.717, 1.165) is 26.4 Å². The van der Waals surface area contributed by atoms with Crippen LogP contribution in [0.1, 0.15) is 24.0 Å². The van der Waals surface area contributed by atoms with Crippen LogP contribution in [0.3, 0.4) is 0 Å². The van der Waals surface area contributed by atoms with E-state index < -0.39 is 0 Å². The van der Waals surface area contributed by atoms with Crippen LogP contribution in [0.2, 0.25) is 15.1 Å². The molecule has 0 aliphatic rings. The SMILES string of the molecule is Cc1cc(OCCCC(=O)Nc2cc(Cl)cc(Cl)c2)c(Br)c(C)c1Cl. The normalized spacial score (nSPS) is 10.6. The van der Waals surface area contributed by atoms with E-state index in [1.54, 1.807) is 18.2 Å². The van der Waals surface area contributed by atoms with Crippen LogP contribution in [0.5, 0.6) is 5.75 Å². The van der Waals surface area contributed by atoms with Gasteiger partial charge in [-0.3, -0.25) is 4.79 Å². The van der Waals surface area contributed by atoms with E-state index in [1.165, 1.54) is 0 Å². The predicted molar refractivity (Wildman–Crippen MR) is 108 cm³/mol. The standard InChI is InChI=1S/C18H17BrCl3NO2/c1-10-6-15(17(19)11(2)18(10)22)25-5-3-4-16(24)23-14-8-12(20)7-13(21)9-14/h6-9H,3-5H2,1-2H3,(H,23,24). The first-order chi connectivity index (χ1) is 11.8. The summed E-state index contributed by atoms with van der Waals surface area (Å²) in [6, 6.07) is 6.80. The first-order valence-corrected chi connectivity index (χ1v) is 9.54. The highest BCUT2D eigenvalue weighted by atomic mass is 79.9. The summed E-state index contributed by atoms with van der Waals surface area (Å²) in [5.74, 6) is 0.603. The lowest BCUT2D eigenvalue weighted by molar-refractivity contribution is -0.116. The summed E-state index contributed by atoms with van der Waals surface area (Å²) in [4.78, 5) is 12.0. The molecule has 7 heteroatoms. The van der Waals surface area contributed by atoms with Gasteiger partial charge in [0, 0.05) is 27.2 Å². The third-order valence-corrected chi connectivity index (χ3v) is 5.52. The average Bonchev–Trinajstić information content (AvgIpc) is 2.53. The zero-order valence-electron chi connectivity index (χ0n) is 13.8. The number of amides is 1. The molecule has 0 saturated carbocycles. The van der Waals surface area contributed by atoms with Crippen molar-refractivity contribution < 1.29 is 9.53 Å². The van der Waals surface area contributed by atoms with Gasteiger partial charge in [0.05, 0.1) is 11.1 Å². The van der Waals surface area contributed by atoms with Crippen LogP contribution in [0.4, 0.5) is 5.69 Å². The maximum Gasteiger partial charge on any atom is 0.224 e. The van der Waals surface area contributed by atoms with E-state index in [1.807, 2.05) is 19.9 Å². The van der Waals surface area contributed by atoms with Gasteiger partial charge in [-0.15, -0.1) is 0 Å². The van der Waals surface area contributed by atoms with Gasteiger partial charge in [-0.2, -0.15) is 0 Å². The molecule has 1 amide bonds. The summed E-state index contributed by atoms with van der Waals surface area (Å²) < 4.78 is 6.60. The Balaban J connectivity index is 1.84. The molecule has 0 aliphatic carbocycles. The third-order valence-electron chi connectivity index (χ3n) is 3.52. The summed E-state index contributed by atoms with van der Waals surface area (Å²) in [6.45, 7) is 4.27. The molecule has 0 radical (unpaired) electrons. The number of hydrogen-bond donors (Lipinski definition) is 1. The van der Waals surface area contributed by atoms with Crippen molar-refractivity contribution in [2.24, 2.45) is 0 Å². The lowest BCUT2D eigenvalue weighted by Gasteiger charge is -2.13. The number of carbonyl (C=O) groups is 1. The molecule has 2 aromatic carbocycles. The number of nitrogens with one attached hydrogen (secondary N) is 1. The molecule has 0 unspecified atom stereocenters. The highest BCUT2D eigenvalue weighted by molar-refractivity contribution is 9.10. The van der Waals surface area contributed by atoms with E-state index in [4.69, 9.17) is 39.5 Å². The molecule has 2 rings (SSSR count). The summed E-state index contributed by atoms with van der Waals surface area (Å²) in [7, 11) is 0. The van der Waals surface area contributed by atoms with E-state index in [2.05, 4.69) is 21.2 Å². The average molecular weight is 466 g/mol. The minimum atomic E-state index is -0.121. The quantitative estimate of drug-likeness (QED) is 0.475. The molecule has 0 fully saturated rings. The number of benzene rings is 2. The monoisotopic (exact) mass is 463 g/mol. The number of aryl methyl sites for hydroxylation is 1. The van der Waals surface area contributed by atoms with Crippen LogP contribution in [-0.2, 0) is 4.79 Å². The molecule has 0 heterocycles. The van der Waals surface area contributed by atoms with Gasteiger partial charge in [0.2, 0.25) is 5.91 Å². The second-order valence-electron chi connectivity index (χ2n) is 5.60. The van der Waals surface area contributed by atoms with Gasteiger partial charge in [0.25, 0.3) is 0 Å². The lowest BCUT2D eigenvalue weighted by atomic mass is 10.1. The van der Waals surface area contributed by atoms with Gasteiger partial charge >= 0.3 is 0 Å². The predicted octanol–water partition coefficient (Wildman–Crippen LogP) is 6.82. The minimum Gasteiger partial charge on any atom is -0.492 e. The summed E-state index contributed by atoms with van der Waals surface area (Å²) in [5.41, 5.74) is 2.47. The molecule has 0 spiro atoms. The van der Waals surface area contributed by atoms with Crippen molar-refractivity contribution in [2.75, 3.05) is 11.9 Å². The van der Waals surface area contributed by atoms with Crippen molar-refractivity contribution in [3.8, 4) is 5.75 Å². The molecule has 1 N–H and O–H groups in total. The van der Waals surface area contributed by atoms with Crippen LogP contribution >= 0.6 is 50.7 Å². The Hall–Kier alpha value is -0.940. The van der Waals surface area contributed by atoms with Gasteiger partial charge in [0.1, 0.15) is 5.75 Å². The minimum absolute atomic E-state index is 0.121. The maximum atomic E-state index is 12.0. The highest BCUT2D eigenvalue weighted by Crippen LogP contribution is 2.35. The molecule has 0 aliphatic heterocycles. The van der Waals surface area contributed by atoms with Crippen LogP contribution in [0.25, 0.3) is 0 Å². The second kappa shape index (κ2) is 9.13. The highest BCUT2D eigenvalue weighted by Gasteiger charge is 2.11. The van der Waals surface area contributed by atoms with Crippen LogP contribution in [0.15, 0.2) is 28.7 Å². The fraction of sp³-hybridized carbons (Fsp3) is 0.278. The zero-order chi connectivity index (χ0) is 18.6. The van der Waals surface area contributed by atoms with E-state index in [-0.39, 0.29) is 5.91 Å². The molecule has 0 aromatic heterocycles. The number of ether oxygens (including phenoxy) is 1. The Morgan fingerprint density at radius 2 is 1.76 bits per heavy atom. The molecule has 25 heavy (non-hydrogen) atoms. The molecule has 3 nitrogen and oxygen atoms in total. The van der Waals surface area contributed by atoms with Gasteiger partial charge in [0.15, 0.2) is 0 Å². The number of halogens is 4. The Labute approximate surface area is 170 Å². The van der Waals surface area contributed by atoms with E-state index in [0.29, 0.717) is 35.2 Å². The molecule has 0 bridgehead atoms. The van der Waals surface area contributed by atoms with Gasteiger partial charge in [-0.05, 0) is 71.6 Å². The summed E-state index contributed by atoms with van der Waals surface area (Å²) in [5, 5.41) is 4.44. The van der Waals surface area contributed by atoms with Crippen LogP contribution in [-0.4, -0.2) is 12.5 Å². The van der Waals surface area contributed by atoms with E-state index >= 15 is 0 Å². The fourth-order valence-electron chi connectivity index (χ4n) is 2.27. The second-order valence-corrected chi connectivity index (χ2v) is 7.65. The molecular weight excluding hydrogens is 448 g/mol. The number of anilines is 1. The van der Waals surface area contributed by atoms with Crippen molar-refractivity contribution in [1.29, 1.82) is 0 Å². The summed E-state index contributed by atoms with van der Waals surface area (Å²) in [6.07, 6.45) is 0.903. The number of carbonyl (C=O) groups excluding carboxylic acids is 1. The summed E-state index contributed by atoms with van der Waals surface area (Å²) >= 11 is 21.5. The smallest absolute Gasteiger partial charge is 0.224 e. The molecule has 2 aromatic rings. The van der Waals surface area contributed by atoms with Crippen molar-refractivity contribution in [1.82, 2.24) is 0 Å². The molecule has 0 atom stereocenters. The molecular formula is C18H17BrCl3NO2. The fourth-order valence-corrected chi connectivity index (χ4v) is 3.49. The Bertz CT molecular complexity index is 776. The van der Waals surface area contributed by atoms with Crippen molar-refractivity contribution in [3.63, 3.8) is 0 Å². The zero-order valence-corrected chi connectivity index (χ0v) is 17.6. The first-order valence-electron chi connectivity index (χ1n) is 7.62. The van der Waals surface area contributed by atoms with Crippen molar-refractivity contribution in [2.45, 2.75) is 26.7 Å². The molecule has 0 saturated heterocycles. The topological polar surface area (TPSA) is 38.3 Å².